The Hall–Kier alpha value is -3.32. The predicted molar refractivity (Wildman–Crippen MR) is 114 cm³/mol. The minimum Gasteiger partial charge on any atom is -0.309 e. The Bertz CT molecular complexity index is 1340. The summed E-state index contributed by atoms with van der Waals surface area (Å²) < 4.78 is 2.41. The van der Waals surface area contributed by atoms with Gasteiger partial charge < -0.3 is 4.57 Å². The standard InChI is InChI=1S/C26H19N/c1-17-10-12-20(13-11-17)27-25-9-5-4-8-22(25)24-15-19-14-18-6-2-3-7-21(18)23(19)16-26(24)27/h2-13,15-16H,14H2,1H3. The van der Waals surface area contributed by atoms with Crippen LogP contribution in [-0.4, -0.2) is 4.57 Å². The Labute approximate surface area is 158 Å². The molecule has 4 aromatic carbocycles. The van der Waals surface area contributed by atoms with Crippen LogP contribution < -0.4 is 0 Å². The maximum atomic E-state index is 2.41. The summed E-state index contributed by atoms with van der Waals surface area (Å²) in [5.74, 6) is 0. The maximum Gasteiger partial charge on any atom is 0.0547 e. The van der Waals surface area contributed by atoms with Crippen LogP contribution >= 0.6 is 0 Å². The molecule has 1 aliphatic rings. The molecule has 0 unspecified atom stereocenters. The van der Waals surface area contributed by atoms with Crippen molar-refractivity contribution in [3.05, 3.63) is 102 Å². The average Bonchev–Trinajstić information content (AvgIpc) is 3.22. The number of para-hydroxylation sites is 1. The summed E-state index contributed by atoms with van der Waals surface area (Å²) >= 11 is 0. The highest BCUT2D eigenvalue weighted by Gasteiger charge is 2.21. The Morgan fingerprint density at radius 1 is 0.630 bits per heavy atom. The largest absolute Gasteiger partial charge is 0.309 e. The zero-order valence-corrected chi connectivity index (χ0v) is 15.2. The number of fused-ring (bicyclic) bond motifs is 6. The summed E-state index contributed by atoms with van der Waals surface area (Å²) in [6, 6.07) is 31.2. The summed E-state index contributed by atoms with van der Waals surface area (Å²) in [5.41, 5.74) is 10.7. The first-order valence-corrected chi connectivity index (χ1v) is 9.51. The average molecular weight is 345 g/mol. The predicted octanol–water partition coefficient (Wildman–Crippen LogP) is 6.66. The van der Waals surface area contributed by atoms with Gasteiger partial charge in [0.05, 0.1) is 11.0 Å². The Balaban J connectivity index is 1.74. The molecular formula is C26H19N. The molecule has 27 heavy (non-hydrogen) atoms. The molecule has 0 aliphatic heterocycles. The minimum atomic E-state index is 1.03. The van der Waals surface area contributed by atoms with Gasteiger partial charge in [0, 0.05) is 16.5 Å². The van der Waals surface area contributed by atoms with E-state index in [4.69, 9.17) is 0 Å². The van der Waals surface area contributed by atoms with E-state index in [2.05, 4.69) is 96.4 Å². The fourth-order valence-electron chi connectivity index (χ4n) is 4.57. The molecule has 0 amide bonds. The van der Waals surface area contributed by atoms with Crippen molar-refractivity contribution in [2.75, 3.05) is 0 Å². The molecule has 0 saturated heterocycles. The van der Waals surface area contributed by atoms with E-state index in [-0.39, 0.29) is 0 Å². The van der Waals surface area contributed by atoms with Crippen LogP contribution in [0.3, 0.4) is 0 Å². The van der Waals surface area contributed by atoms with E-state index in [1.807, 2.05) is 0 Å². The van der Waals surface area contributed by atoms with Gasteiger partial charge in [0.1, 0.15) is 0 Å². The summed E-state index contributed by atoms with van der Waals surface area (Å²) in [5, 5.41) is 2.67. The molecule has 0 N–H and O–H groups in total. The van der Waals surface area contributed by atoms with Gasteiger partial charge in [-0.15, -0.1) is 0 Å². The SMILES string of the molecule is Cc1ccc(-n2c3ccccc3c3cc4c(cc32)-c2ccccc2C4)cc1. The monoisotopic (exact) mass is 345 g/mol. The number of hydrogen-bond acceptors (Lipinski definition) is 0. The van der Waals surface area contributed by atoms with Crippen molar-refractivity contribution in [1.29, 1.82) is 0 Å². The lowest BCUT2D eigenvalue weighted by atomic mass is 10.0. The lowest BCUT2D eigenvalue weighted by Crippen LogP contribution is -1.94. The van der Waals surface area contributed by atoms with Gasteiger partial charge in [0.25, 0.3) is 0 Å². The molecule has 0 atom stereocenters. The molecule has 1 heteroatoms. The number of nitrogens with zero attached hydrogens (tertiary/aromatic N) is 1. The van der Waals surface area contributed by atoms with E-state index in [1.165, 1.54) is 55.3 Å². The Kier molecular flexibility index (Phi) is 2.93. The Morgan fingerprint density at radius 3 is 2.30 bits per heavy atom. The normalized spacial score (nSPS) is 12.5. The lowest BCUT2D eigenvalue weighted by molar-refractivity contribution is 1.17. The van der Waals surface area contributed by atoms with Gasteiger partial charge in [0.15, 0.2) is 0 Å². The maximum absolute atomic E-state index is 2.41. The van der Waals surface area contributed by atoms with Crippen LogP contribution in [0.25, 0.3) is 38.6 Å². The third-order valence-electron chi connectivity index (χ3n) is 5.88. The van der Waals surface area contributed by atoms with Crippen molar-refractivity contribution < 1.29 is 0 Å². The number of hydrogen-bond donors (Lipinski definition) is 0. The molecule has 1 heterocycles. The summed E-state index contributed by atoms with van der Waals surface area (Å²) in [6.07, 6.45) is 1.03. The van der Waals surface area contributed by atoms with Crippen LogP contribution in [0.5, 0.6) is 0 Å². The van der Waals surface area contributed by atoms with Crippen molar-refractivity contribution in [1.82, 2.24) is 4.57 Å². The van der Waals surface area contributed by atoms with Gasteiger partial charge in [-0.25, -0.2) is 0 Å². The smallest absolute Gasteiger partial charge is 0.0547 e. The van der Waals surface area contributed by atoms with E-state index in [0.29, 0.717) is 0 Å². The summed E-state index contributed by atoms with van der Waals surface area (Å²) in [7, 11) is 0. The van der Waals surface area contributed by atoms with Gasteiger partial charge in [0.2, 0.25) is 0 Å². The van der Waals surface area contributed by atoms with E-state index < -0.39 is 0 Å². The minimum absolute atomic E-state index is 1.03. The molecule has 1 aromatic heterocycles. The molecule has 0 saturated carbocycles. The molecular weight excluding hydrogens is 326 g/mol. The highest BCUT2D eigenvalue weighted by molar-refractivity contribution is 6.11. The molecule has 1 aliphatic carbocycles. The van der Waals surface area contributed by atoms with Gasteiger partial charge >= 0.3 is 0 Å². The van der Waals surface area contributed by atoms with Crippen LogP contribution in [0, 0.1) is 6.92 Å². The van der Waals surface area contributed by atoms with Crippen molar-refractivity contribution in [2.45, 2.75) is 13.3 Å². The molecule has 6 rings (SSSR count). The fourth-order valence-corrected chi connectivity index (χ4v) is 4.57. The van der Waals surface area contributed by atoms with E-state index >= 15 is 0 Å². The van der Waals surface area contributed by atoms with Crippen molar-refractivity contribution in [2.24, 2.45) is 0 Å². The molecule has 0 bridgehead atoms. The summed E-state index contributed by atoms with van der Waals surface area (Å²) in [6.45, 7) is 2.14. The zero-order valence-electron chi connectivity index (χ0n) is 15.2. The van der Waals surface area contributed by atoms with Crippen LogP contribution in [0.15, 0.2) is 84.9 Å². The molecule has 5 aromatic rings. The van der Waals surface area contributed by atoms with Gasteiger partial charge in [-0.1, -0.05) is 60.2 Å². The highest BCUT2D eigenvalue weighted by Crippen LogP contribution is 2.42. The topological polar surface area (TPSA) is 4.93 Å². The van der Waals surface area contributed by atoms with Crippen molar-refractivity contribution >= 4 is 21.8 Å². The lowest BCUT2D eigenvalue weighted by Gasteiger charge is -2.09. The molecule has 1 nitrogen and oxygen atoms in total. The van der Waals surface area contributed by atoms with Gasteiger partial charge in [-0.05, 0) is 65.9 Å². The van der Waals surface area contributed by atoms with E-state index in [1.54, 1.807) is 0 Å². The van der Waals surface area contributed by atoms with E-state index in [0.717, 1.165) is 6.42 Å². The molecule has 0 radical (unpaired) electrons. The van der Waals surface area contributed by atoms with Gasteiger partial charge in [-0.2, -0.15) is 0 Å². The second-order valence-electron chi connectivity index (χ2n) is 7.55. The zero-order chi connectivity index (χ0) is 18.0. The quantitative estimate of drug-likeness (QED) is 0.314. The number of benzene rings is 4. The number of aromatic nitrogens is 1. The van der Waals surface area contributed by atoms with Gasteiger partial charge in [-0.3, -0.25) is 0 Å². The summed E-state index contributed by atoms with van der Waals surface area (Å²) in [4.78, 5) is 0. The van der Waals surface area contributed by atoms with Crippen molar-refractivity contribution in [3.8, 4) is 16.8 Å². The Morgan fingerprint density at radius 2 is 1.41 bits per heavy atom. The second-order valence-corrected chi connectivity index (χ2v) is 7.55. The molecule has 128 valence electrons. The molecule has 0 fully saturated rings. The first-order valence-electron chi connectivity index (χ1n) is 9.51. The number of aryl methyl sites for hydroxylation is 1. The third kappa shape index (κ3) is 2.06. The first kappa shape index (κ1) is 14.8. The van der Waals surface area contributed by atoms with E-state index in [9.17, 15) is 0 Å². The van der Waals surface area contributed by atoms with Crippen LogP contribution in [-0.2, 0) is 6.42 Å². The van der Waals surface area contributed by atoms with Crippen LogP contribution in [0.2, 0.25) is 0 Å². The van der Waals surface area contributed by atoms with Crippen LogP contribution in [0.1, 0.15) is 16.7 Å². The third-order valence-corrected chi connectivity index (χ3v) is 5.88. The van der Waals surface area contributed by atoms with Crippen LogP contribution in [0.4, 0.5) is 0 Å². The second kappa shape index (κ2) is 5.34. The molecule has 0 spiro atoms. The van der Waals surface area contributed by atoms with Crippen molar-refractivity contribution in [3.63, 3.8) is 0 Å². The first-order chi connectivity index (χ1) is 13.3. The number of rotatable bonds is 1. The fraction of sp³-hybridized carbons (Fsp3) is 0.0769. The highest BCUT2D eigenvalue weighted by atomic mass is 15.0.